The quantitative estimate of drug-likeness (QED) is 0.632. The van der Waals surface area contributed by atoms with Gasteiger partial charge in [-0.15, -0.1) is 0 Å². The first-order chi connectivity index (χ1) is 9.56. The number of rotatable bonds is 2. The molecule has 2 amide bonds. The minimum absolute atomic E-state index is 0.101. The molecule has 3 aliphatic rings. The van der Waals surface area contributed by atoms with Crippen LogP contribution in [0.5, 0.6) is 0 Å². The normalized spacial score (nSPS) is 37.1. The highest BCUT2D eigenvalue weighted by Gasteiger charge is 2.42. The molecular formula is C13H21N3O4. The van der Waals surface area contributed by atoms with Gasteiger partial charge < -0.3 is 20.4 Å². The predicted octanol–water partition coefficient (Wildman–Crippen LogP) is -0.547. The minimum Gasteiger partial charge on any atom is -0.480 e. The smallest absolute Gasteiger partial charge is 0.326 e. The summed E-state index contributed by atoms with van der Waals surface area (Å²) in [7, 11) is 0. The summed E-state index contributed by atoms with van der Waals surface area (Å²) in [5.41, 5.74) is 0. The monoisotopic (exact) mass is 283 g/mol. The van der Waals surface area contributed by atoms with Gasteiger partial charge >= 0.3 is 12.0 Å². The molecule has 3 aliphatic heterocycles. The molecule has 0 spiro atoms. The SMILES string of the molecule is O=C(O)C1CC(O)CN1C(=O)NC1CCN2CCCC12. The Balaban J connectivity index is 1.62. The Labute approximate surface area is 117 Å². The van der Waals surface area contributed by atoms with E-state index in [1.165, 1.54) is 4.90 Å². The number of carbonyl (C=O) groups excluding carboxylic acids is 1. The lowest BCUT2D eigenvalue weighted by atomic mass is 10.1. The van der Waals surface area contributed by atoms with E-state index in [2.05, 4.69) is 10.2 Å². The number of fused-ring (bicyclic) bond motifs is 1. The van der Waals surface area contributed by atoms with Gasteiger partial charge in [-0.2, -0.15) is 0 Å². The first-order valence-electron chi connectivity index (χ1n) is 7.28. The Hall–Kier alpha value is -1.34. The number of aliphatic hydroxyl groups excluding tert-OH is 1. The van der Waals surface area contributed by atoms with E-state index in [0.29, 0.717) is 6.04 Å². The number of carboxylic acid groups (broad SMARTS) is 1. The second-order valence-corrected chi connectivity index (χ2v) is 5.99. The zero-order chi connectivity index (χ0) is 14.3. The maximum atomic E-state index is 12.3. The van der Waals surface area contributed by atoms with Crippen LogP contribution in [0.25, 0.3) is 0 Å². The van der Waals surface area contributed by atoms with Crippen molar-refractivity contribution in [1.82, 2.24) is 15.1 Å². The van der Waals surface area contributed by atoms with Crippen LogP contribution in [0.4, 0.5) is 4.79 Å². The van der Waals surface area contributed by atoms with Gasteiger partial charge in [-0.1, -0.05) is 0 Å². The first-order valence-corrected chi connectivity index (χ1v) is 7.28. The van der Waals surface area contributed by atoms with E-state index in [-0.39, 0.29) is 25.0 Å². The van der Waals surface area contributed by atoms with Gasteiger partial charge in [0.25, 0.3) is 0 Å². The maximum Gasteiger partial charge on any atom is 0.326 e. The largest absolute Gasteiger partial charge is 0.480 e. The molecule has 3 saturated heterocycles. The fourth-order valence-corrected chi connectivity index (χ4v) is 3.76. The summed E-state index contributed by atoms with van der Waals surface area (Å²) in [5.74, 6) is -1.05. The molecule has 3 N–H and O–H groups in total. The van der Waals surface area contributed by atoms with Crippen LogP contribution in [-0.4, -0.2) is 75.9 Å². The molecule has 20 heavy (non-hydrogen) atoms. The number of aliphatic carboxylic acids is 1. The number of urea groups is 1. The molecule has 0 bridgehead atoms. The summed E-state index contributed by atoms with van der Waals surface area (Å²) < 4.78 is 0. The molecule has 3 heterocycles. The van der Waals surface area contributed by atoms with Gasteiger partial charge in [-0.05, 0) is 25.8 Å². The molecule has 3 rings (SSSR count). The summed E-state index contributed by atoms with van der Waals surface area (Å²) >= 11 is 0. The highest BCUT2D eigenvalue weighted by Crippen LogP contribution is 2.28. The van der Waals surface area contributed by atoms with E-state index in [1.54, 1.807) is 0 Å². The predicted molar refractivity (Wildman–Crippen MR) is 70.3 cm³/mol. The van der Waals surface area contributed by atoms with Crippen LogP contribution in [0.3, 0.4) is 0 Å². The van der Waals surface area contributed by atoms with Crippen molar-refractivity contribution >= 4 is 12.0 Å². The average Bonchev–Trinajstić information content (AvgIpc) is 3.05. The van der Waals surface area contributed by atoms with Gasteiger partial charge in [-0.25, -0.2) is 9.59 Å². The topological polar surface area (TPSA) is 93.1 Å². The molecule has 0 aliphatic carbocycles. The first kappa shape index (κ1) is 13.6. The number of nitrogens with zero attached hydrogens (tertiary/aromatic N) is 2. The second kappa shape index (κ2) is 5.21. The number of nitrogens with one attached hydrogen (secondary N) is 1. The van der Waals surface area contributed by atoms with Crippen LogP contribution in [0.1, 0.15) is 25.7 Å². The number of β-amino-alcohol motifs (C(OH)–C–C–N with tert-alkyl or cyclic N) is 1. The third-order valence-electron chi connectivity index (χ3n) is 4.74. The van der Waals surface area contributed by atoms with Crippen molar-refractivity contribution in [3.8, 4) is 0 Å². The third-order valence-corrected chi connectivity index (χ3v) is 4.74. The van der Waals surface area contributed by atoms with E-state index in [1.807, 2.05) is 0 Å². The summed E-state index contributed by atoms with van der Waals surface area (Å²) in [5, 5.41) is 21.7. The summed E-state index contributed by atoms with van der Waals surface area (Å²) in [6.45, 7) is 2.20. The van der Waals surface area contributed by atoms with Gasteiger partial charge in [0.15, 0.2) is 0 Å². The van der Waals surface area contributed by atoms with Crippen molar-refractivity contribution in [1.29, 1.82) is 0 Å². The number of carbonyl (C=O) groups is 2. The third kappa shape index (κ3) is 2.35. The van der Waals surface area contributed by atoms with Gasteiger partial charge in [0.1, 0.15) is 6.04 Å². The second-order valence-electron chi connectivity index (χ2n) is 5.99. The molecule has 0 radical (unpaired) electrons. The average molecular weight is 283 g/mol. The van der Waals surface area contributed by atoms with E-state index < -0.39 is 18.1 Å². The molecule has 0 aromatic heterocycles. The van der Waals surface area contributed by atoms with Crippen LogP contribution in [-0.2, 0) is 4.79 Å². The van der Waals surface area contributed by atoms with Crippen LogP contribution in [0.2, 0.25) is 0 Å². The number of aliphatic hydroxyl groups is 1. The fourth-order valence-electron chi connectivity index (χ4n) is 3.76. The number of likely N-dealkylation sites (tertiary alicyclic amines) is 1. The molecule has 4 unspecified atom stereocenters. The number of hydrogen-bond acceptors (Lipinski definition) is 4. The lowest BCUT2D eigenvalue weighted by molar-refractivity contribution is -0.141. The molecule has 4 atom stereocenters. The Morgan fingerprint density at radius 1 is 1.20 bits per heavy atom. The molecule has 0 saturated carbocycles. The minimum atomic E-state index is -1.05. The zero-order valence-corrected chi connectivity index (χ0v) is 11.4. The Morgan fingerprint density at radius 2 is 2.00 bits per heavy atom. The molecule has 7 heteroatoms. The molecular weight excluding hydrogens is 262 g/mol. The highest BCUT2D eigenvalue weighted by molar-refractivity contribution is 5.83. The lowest BCUT2D eigenvalue weighted by Gasteiger charge is -2.26. The van der Waals surface area contributed by atoms with Crippen LogP contribution < -0.4 is 5.32 Å². The molecule has 112 valence electrons. The summed E-state index contributed by atoms with van der Waals surface area (Å²) in [4.78, 5) is 27.1. The van der Waals surface area contributed by atoms with Gasteiger partial charge in [0, 0.05) is 31.6 Å². The number of amides is 2. The zero-order valence-electron chi connectivity index (χ0n) is 11.4. The Kier molecular flexibility index (Phi) is 3.55. The summed E-state index contributed by atoms with van der Waals surface area (Å²) in [6.07, 6.45) is 2.55. The highest BCUT2D eigenvalue weighted by atomic mass is 16.4. The van der Waals surface area contributed by atoms with Crippen molar-refractivity contribution in [2.45, 2.75) is 49.9 Å². The fraction of sp³-hybridized carbons (Fsp3) is 0.846. The van der Waals surface area contributed by atoms with Crippen molar-refractivity contribution in [2.75, 3.05) is 19.6 Å². The van der Waals surface area contributed by atoms with E-state index in [9.17, 15) is 14.7 Å². The summed E-state index contributed by atoms with van der Waals surface area (Å²) in [6, 6.07) is -0.759. The lowest BCUT2D eigenvalue weighted by Crippen LogP contribution is -2.51. The maximum absolute atomic E-state index is 12.3. The Bertz CT molecular complexity index is 416. The van der Waals surface area contributed by atoms with Crippen LogP contribution in [0.15, 0.2) is 0 Å². The van der Waals surface area contributed by atoms with Crippen molar-refractivity contribution in [3.05, 3.63) is 0 Å². The Morgan fingerprint density at radius 3 is 2.75 bits per heavy atom. The van der Waals surface area contributed by atoms with Gasteiger partial charge in [-0.3, -0.25) is 4.90 Å². The van der Waals surface area contributed by atoms with Crippen molar-refractivity contribution in [2.24, 2.45) is 0 Å². The van der Waals surface area contributed by atoms with Gasteiger partial charge in [0.05, 0.1) is 6.10 Å². The van der Waals surface area contributed by atoms with Gasteiger partial charge in [0.2, 0.25) is 0 Å². The molecule has 0 aromatic carbocycles. The molecule has 3 fully saturated rings. The standard InChI is InChI=1S/C13H21N3O4/c17-8-6-11(12(18)19)16(7-8)13(20)14-9-3-5-15-4-1-2-10(9)15/h8-11,17H,1-7H2,(H,14,20)(H,18,19). The van der Waals surface area contributed by atoms with E-state index in [4.69, 9.17) is 5.11 Å². The number of hydrogen-bond donors (Lipinski definition) is 3. The molecule has 7 nitrogen and oxygen atoms in total. The van der Waals surface area contributed by atoms with E-state index >= 15 is 0 Å². The molecule has 0 aromatic rings. The van der Waals surface area contributed by atoms with Crippen molar-refractivity contribution in [3.63, 3.8) is 0 Å². The van der Waals surface area contributed by atoms with Crippen molar-refractivity contribution < 1.29 is 19.8 Å². The van der Waals surface area contributed by atoms with E-state index in [0.717, 1.165) is 32.4 Å². The van der Waals surface area contributed by atoms with Crippen LogP contribution in [0, 0.1) is 0 Å². The van der Waals surface area contributed by atoms with Crippen LogP contribution >= 0.6 is 0 Å². The number of carboxylic acids is 1.